The van der Waals surface area contributed by atoms with Crippen LogP contribution < -0.4 is 0 Å². The first-order chi connectivity index (χ1) is 6.20. The van der Waals surface area contributed by atoms with Crippen LogP contribution in [0.1, 0.15) is 45.4 Å². The molecule has 0 aromatic rings. The molecule has 0 aliphatic heterocycles. The van der Waals surface area contributed by atoms with E-state index in [1.807, 2.05) is 0 Å². The predicted octanol–water partition coefficient (Wildman–Crippen LogP) is 1.63. The average Bonchev–Trinajstić information content (AvgIpc) is 2.04. The van der Waals surface area contributed by atoms with Crippen molar-refractivity contribution in [3.05, 3.63) is 0 Å². The standard InChI is InChI=1S/C10H18O3/c1-8(11)13-10-7-5-3-2-4-6-9(10)12/h9-10,12H,2-7H2,1H3. The monoisotopic (exact) mass is 186 g/mol. The fraction of sp³-hybridized carbons (Fsp3) is 0.900. The van der Waals surface area contributed by atoms with Crippen molar-refractivity contribution in [3.63, 3.8) is 0 Å². The van der Waals surface area contributed by atoms with Gasteiger partial charge in [-0.3, -0.25) is 4.79 Å². The second-order valence-corrected chi connectivity index (χ2v) is 3.71. The van der Waals surface area contributed by atoms with Crippen LogP contribution in [0.4, 0.5) is 0 Å². The summed E-state index contributed by atoms with van der Waals surface area (Å²) in [4.78, 5) is 10.7. The van der Waals surface area contributed by atoms with Gasteiger partial charge in [-0.2, -0.15) is 0 Å². The summed E-state index contributed by atoms with van der Waals surface area (Å²) in [6.45, 7) is 1.39. The van der Waals surface area contributed by atoms with Crippen LogP contribution >= 0.6 is 0 Å². The molecule has 0 bridgehead atoms. The molecule has 2 unspecified atom stereocenters. The van der Waals surface area contributed by atoms with Crippen LogP contribution in [0.3, 0.4) is 0 Å². The zero-order valence-electron chi connectivity index (χ0n) is 8.16. The Hall–Kier alpha value is -0.570. The lowest BCUT2D eigenvalue weighted by molar-refractivity contribution is -0.153. The molecular formula is C10H18O3. The fourth-order valence-electron chi connectivity index (χ4n) is 1.78. The van der Waals surface area contributed by atoms with Gasteiger partial charge >= 0.3 is 5.97 Å². The molecule has 1 fully saturated rings. The third kappa shape index (κ3) is 3.77. The first-order valence-corrected chi connectivity index (χ1v) is 5.05. The number of hydrogen-bond acceptors (Lipinski definition) is 3. The van der Waals surface area contributed by atoms with Crippen molar-refractivity contribution >= 4 is 5.97 Å². The van der Waals surface area contributed by atoms with Gasteiger partial charge in [0.25, 0.3) is 0 Å². The summed E-state index contributed by atoms with van der Waals surface area (Å²) in [5, 5.41) is 9.65. The van der Waals surface area contributed by atoms with Gasteiger partial charge in [-0.1, -0.05) is 19.3 Å². The number of esters is 1. The van der Waals surface area contributed by atoms with E-state index in [9.17, 15) is 9.90 Å². The van der Waals surface area contributed by atoms with Crippen LogP contribution in [-0.4, -0.2) is 23.3 Å². The Morgan fingerprint density at radius 2 is 1.85 bits per heavy atom. The first-order valence-electron chi connectivity index (χ1n) is 5.05. The zero-order chi connectivity index (χ0) is 9.68. The smallest absolute Gasteiger partial charge is 0.302 e. The molecule has 3 nitrogen and oxygen atoms in total. The number of ether oxygens (including phenoxy) is 1. The van der Waals surface area contributed by atoms with Gasteiger partial charge in [0.05, 0.1) is 6.10 Å². The molecule has 0 saturated heterocycles. The van der Waals surface area contributed by atoms with Gasteiger partial charge in [-0.05, 0) is 19.3 Å². The van der Waals surface area contributed by atoms with Gasteiger partial charge < -0.3 is 9.84 Å². The summed E-state index contributed by atoms with van der Waals surface area (Å²) >= 11 is 0. The molecule has 1 N–H and O–H groups in total. The van der Waals surface area contributed by atoms with E-state index in [0.717, 1.165) is 25.7 Å². The lowest BCUT2D eigenvalue weighted by Crippen LogP contribution is -2.31. The summed E-state index contributed by atoms with van der Waals surface area (Å²) in [7, 11) is 0. The van der Waals surface area contributed by atoms with Gasteiger partial charge in [-0.25, -0.2) is 0 Å². The lowest BCUT2D eigenvalue weighted by atomic mass is 9.96. The molecule has 0 radical (unpaired) electrons. The van der Waals surface area contributed by atoms with Crippen molar-refractivity contribution in [2.45, 2.75) is 57.7 Å². The zero-order valence-corrected chi connectivity index (χ0v) is 8.16. The maximum absolute atomic E-state index is 10.7. The minimum Gasteiger partial charge on any atom is -0.460 e. The molecular weight excluding hydrogens is 168 g/mol. The highest BCUT2D eigenvalue weighted by Crippen LogP contribution is 2.20. The second-order valence-electron chi connectivity index (χ2n) is 3.71. The van der Waals surface area contributed by atoms with E-state index in [2.05, 4.69) is 0 Å². The third-order valence-corrected chi connectivity index (χ3v) is 2.49. The summed E-state index contributed by atoms with van der Waals surface area (Å²) in [6.07, 6.45) is 5.31. The third-order valence-electron chi connectivity index (χ3n) is 2.49. The van der Waals surface area contributed by atoms with Gasteiger partial charge in [0, 0.05) is 6.92 Å². The van der Waals surface area contributed by atoms with E-state index < -0.39 is 6.10 Å². The van der Waals surface area contributed by atoms with E-state index >= 15 is 0 Å². The Morgan fingerprint density at radius 1 is 1.23 bits per heavy atom. The van der Waals surface area contributed by atoms with E-state index in [4.69, 9.17) is 4.74 Å². The van der Waals surface area contributed by atoms with Crippen molar-refractivity contribution in [1.29, 1.82) is 0 Å². The summed E-state index contributed by atoms with van der Waals surface area (Å²) in [6, 6.07) is 0. The van der Waals surface area contributed by atoms with Crippen molar-refractivity contribution in [1.82, 2.24) is 0 Å². The number of carbonyl (C=O) groups excluding carboxylic acids is 1. The normalized spacial score (nSPS) is 30.3. The average molecular weight is 186 g/mol. The summed E-state index contributed by atoms with van der Waals surface area (Å²) in [5.41, 5.74) is 0. The van der Waals surface area contributed by atoms with E-state index in [1.54, 1.807) is 0 Å². The van der Waals surface area contributed by atoms with Gasteiger partial charge in [0.1, 0.15) is 6.10 Å². The predicted molar refractivity (Wildman–Crippen MR) is 49.3 cm³/mol. The minimum absolute atomic E-state index is 0.266. The van der Waals surface area contributed by atoms with Gasteiger partial charge in [0.15, 0.2) is 0 Å². The second kappa shape index (κ2) is 5.22. The summed E-state index contributed by atoms with van der Waals surface area (Å²) in [5.74, 6) is -0.287. The molecule has 1 saturated carbocycles. The van der Waals surface area contributed by atoms with Gasteiger partial charge in [-0.15, -0.1) is 0 Å². The number of hydrogen-bond donors (Lipinski definition) is 1. The Labute approximate surface area is 79.1 Å². The number of rotatable bonds is 1. The molecule has 1 rings (SSSR count). The maximum atomic E-state index is 10.7. The summed E-state index contributed by atoms with van der Waals surface area (Å²) < 4.78 is 5.05. The molecule has 0 aromatic heterocycles. The molecule has 13 heavy (non-hydrogen) atoms. The fourth-order valence-corrected chi connectivity index (χ4v) is 1.78. The van der Waals surface area contributed by atoms with E-state index in [-0.39, 0.29) is 12.1 Å². The van der Waals surface area contributed by atoms with Gasteiger partial charge in [0.2, 0.25) is 0 Å². The van der Waals surface area contributed by atoms with Crippen LogP contribution in [-0.2, 0) is 9.53 Å². The quantitative estimate of drug-likeness (QED) is 0.633. The maximum Gasteiger partial charge on any atom is 0.302 e. The Kier molecular flexibility index (Phi) is 4.22. The topological polar surface area (TPSA) is 46.5 Å². The van der Waals surface area contributed by atoms with Crippen molar-refractivity contribution in [3.8, 4) is 0 Å². The molecule has 3 heteroatoms. The SMILES string of the molecule is CC(=O)OC1CCCCCCC1O. The molecule has 2 atom stereocenters. The number of aliphatic hydroxyl groups is 1. The largest absolute Gasteiger partial charge is 0.460 e. The molecule has 0 heterocycles. The van der Waals surface area contributed by atoms with Crippen LogP contribution in [0, 0.1) is 0 Å². The molecule has 0 aromatic carbocycles. The highest BCUT2D eigenvalue weighted by Gasteiger charge is 2.22. The molecule has 0 amide bonds. The Bertz CT molecular complexity index is 168. The van der Waals surface area contributed by atoms with Crippen LogP contribution in [0.25, 0.3) is 0 Å². The van der Waals surface area contributed by atoms with E-state index in [1.165, 1.54) is 19.8 Å². The molecule has 1 aliphatic rings. The molecule has 1 aliphatic carbocycles. The van der Waals surface area contributed by atoms with Crippen molar-refractivity contribution in [2.75, 3.05) is 0 Å². The highest BCUT2D eigenvalue weighted by atomic mass is 16.6. The Morgan fingerprint density at radius 3 is 2.46 bits per heavy atom. The van der Waals surface area contributed by atoms with Crippen LogP contribution in [0.2, 0.25) is 0 Å². The van der Waals surface area contributed by atoms with E-state index in [0.29, 0.717) is 0 Å². The van der Waals surface area contributed by atoms with Crippen molar-refractivity contribution in [2.24, 2.45) is 0 Å². The Balaban J connectivity index is 2.41. The van der Waals surface area contributed by atoms with Crippen LogP contribution in [0.15, 0.2) is 0 Å². The van der Waals surface area contributed by atoms with Crippen LogP contribution in [0.5, 0.6) is 0 Å². The lowest BCUT2D eigenvalue weighted by Gasteiger charge is -2.24. The van der Waals surface area contributed by atoms with Crippen molar-refractivity contribution < 1.29 is 14.6 Å². The first kappa shape index (κ1) is 10.5. The molecule has 0 spiro atoms. The highest BCUT2D eigenvalue weighted by molar-refractivity contribution is 5.66. The molecule has 76 valence electrons. The number of carbonyl (C=O) groups is 1. The minimum atomic E-state index is -0.454. The number of aliphatic hydroxyl groups excluding tert-OH is 1.